The molecule has 1 saturated heterocycles. The number of rotatable bonds is 5. The zero-order valence-corrected chi connectivity index (χ0v) is 14.3. The molecule has 28 heavy (non-hydrogen) atoms. The Kier molecular flexibility index (Phi) is 5.40. The van der Waals surface area contributed by atoms with Crippen LogP contribution in [0, 0.1) is 0 Å². The van der Waals surface area contributed by atoms with Gasteiger partial charge in [0.25, 0.3) is 5.91 Å². The summed E-state index contributed by atoms with van der Waals surface area (Å²) in [5.41, 5.74) is 5.93. The maximum atomic E-state index is 12.3. The summed E-state index contributed by atoms with van der Waals surface area (Å²) in [5.74, 6) is -0.507. The van der Waals surface area contributed by atoms with Crippen molar-refractivity contribution >= 4 is 11.7 Å². The van der Waals surface area contributed by atoms with Gasteiger partial charge in [-0.15, -0.1) is 0 Å². The maximum absolute atomic E-state index is 12.3. The van der Waals surface area contributed by atoms with Crippen molar-refractivity contribution in [3.05, 3.63) is 69.1 Å². The summed E-state index contributed by atoms with van der Waals surface area (Å²) in [4.78, 5) is 30.6. The van der Waals surface area contributed by atoms with Crippen molar-refractivity contribution in [1.82, 2.24) is 9.55 Å². The largest absolute Gasteiger partial charge is 0.393 e. The van der Waals surface area contributed by atoms with Crippen molar-refractivity contribution < 1.29 is 24.9 Å². The van der Waals surface area contributed by atoms with Crippen LogP contribution in [0.25, 0.3) is 10.4 Å². The Hall–Kier alpha value is -3.28. The number of aromatic nitrogens is 2. The second-order valence-electron chi connectivity index (χ2n) is 5.96. The SMILES string of the molecule is [N-]=[N+]=NC1(CO)OC(n2ccc(NC(=O)c3ccccc3)nc2=O)C(O)C1O. The quantitative estimate of drug-likeness (QED) is 0.309. The lowest BCUT2D eigenvalue weighted by atomic mass is 10.1. The van der Waals surface area contributed by atoms with E-state index in [2.05, 4.69) is 20.3 Å². The Balaban J connectivity index is 1.84. The molecule has 2 heterocycles. The summed E-state index contributed by atoms with van der Waals surface area (Å²) in [5, 5.41) is 35.3. The summed E-state index contributed by atoms with van der Waals surface area (Å²) in [6.07, 6.45) is -3.74. The summed E-state index contributed by atoms with van der Waals surface area (Å²) >= 11 is 0. The van der Waals surface area contributed by atoms with Crippen molar-refractivity contribution in [2.24, 2.45) is 5.11 Å². The van der Waals surface area contributed by atoms with Crippen molar-refractivity contribution in [3.8, 4) is 0 Å². The minimum absolute atomic E-state index is 0.0356. The van der Waals surface area contributed by atoms with E-state index in [0.717, 1.165) is 4.57 Å². The van der Waals surface area contributed by atoms with Crippen LogP contribution in [0.4, 0.5) is 5.82 Å². The minimum atomic E-state index is -2.14. The molecule has 1 aliphatic heterocycles. The molecule has 1 amide bonds. The van der Waals surface area contributed by atoms with Crippen LogP contribution in [-0.2, 0) is 4.74 Å². The van der Waals surface area contributed by atoms with Gasteiger partial charge < -0.3 is 25.4 Å². The number of amides is 1. The number of anilines is 1. The van der Waals surface area contributed by atoms with Gasteiger partial charge in [-0.05, 0) is 23.7 Å². The average Bonchev–Trinajstić information content (AvgIpc) is 2.94. The minimum Gasteiger partial charge on any atom is -0.393 e. The highest BCUT2D eigenvalue weighted by Crippen LogP contribution is 2.37. The zero-order valence-electron chi connectivity index (χ0n) is 14.3. The predicted molar refractivity (Wildman–Crippen MR) is 94.0 cm³/mol. The third-order valence-electron chi connectivity index (χ3n) is 4.22. The highest BCUT2D eigenvalue weighted by atomic mass is 16.6. The number of aliphatic hydroxyl groups is 3. The molecule has 4 unspecified atom stereocenters. The van der Waals surface area contributed by atoms with Gasteiger partial charge in [0.1, 0.15) is 18.0 Å². The molecule has 12 nitrogen and oxygen atoms in total. The lowest BCUT2D eigenvalue weighted by Crippen LogP contribution is -2.44. The average molecular weight is 388 g/mol. The normalized spacial score (nSPS) is 26.5. The summed E-state index contributed by atoms with van der Waals surface area (Å²) in [6.45, 7) is -0.917. The Bertz CT molecular complexity index is 975. The van der Waals surface area contributed by atoms with Gasteiger partial charge in [-0.1, -0.05) is 23.3 Å². The molecule has 3 rings (SSSR count). The molecule has 146 valence electrons. The first-order valence-electron chi connectivity index (χ1n) is 8.08. The van der Waals surface area contributed by atoms with E-state index in [4.69, 9.17) is 10.3 Å². The first-order chi connectivity index (χ1) is 13.4. The number of aliphatic hydroxyl groups excluding tert-OH is 3. The Labute approximate surface area is 157 Å². The van der Waals surface area contributed by atoms with Gasteiger partial charge in [0, 0.05) is 16.7 Å². The lowest BCUT2D eigenvalue weighted by molar-refractivity contribution is -0.125. The van der Waals surface area contributed by atoms with Gasteiger partial charge in [0.2, 0.25) is 5.72 Å². The molecular weight excluding hydrogens is 372 g/mol. The Morgan fingerprint density at radius 2 is 2.07 bits per heavy atom. The molecule has 0 bridgehead atoms. The topological polar surface area (TPSA) is 183 Å². The van der Waals surface area contributed by atoms with E-state index >= 15 is 0 Å². The van der Waals surface area contributed by atoms with Crippen LogP contribution in [0.2, 0.25) is 0 Å². The van der Waals surface area contributed by atoms with Crippen LogP contribution >= 0.6 is 0 Å². The molecule has 0 radical (unpaired) electrons. The van der Waals surface area contributed by atoms with Crippen LogP contribution < -0.4 is 11.0 Å². The van der Waals surface area contributed by atoms with Crippen LogP contribution in [0.3, 0.4) is 0 Å². The van der Waals surface area contributed by atoms with E-state index in [1.54, 1.807) is 30.3 Å². The smallest absolute Gasteiger partial charge is 0.351 e. The number of nitrogens with zero attached hydrogens (tertiary/aromatic N) is 5. The molecule has 1 aromatic heterocycles. The Morgan fingerprint density at radius 3 is 2.68 bits per heavy atom. The summed E-state index contributed by atoms with van der Waals surface area (Å²) < 4.78 is 6.13. The monoisotopic (exact) mass is 388 g/mol. The fraction of sp³-hybridized carbons (Fsp3) is 0.312. The number of ether oxygens (including phenoxy) is 1. The fourth-order valence-electron chi connectivity index (χ4n) is 2.77. The van der Waals surface area contributed by atoms with Crippen LogP contribution in [0.1, 0.15) is 16.6 Å². The standard InChI is InChI=1S/C16H16N6O6/c17-21-20-16(8-23)12(25)11(24)14(28-16)22-7-6-10(19-15(22)27)18-13(26)9-4-2-1-3-5-9/h1-7,11-12,14,23-25H,8H2,(H,18,19,26,27). The molecule has 0 saturated carbocycles. The molecule has 12 heteroatoms. The number of carbonyl (C=O) groups excluding carboxylic acids is 1. The number of hydrogen-bond donors (Lipinski definition) is 4. The number of carbonyl (C=O) groups is 1. The van der Waals surface area contributed by atoms with E-state index in [-0.39, 0.29) is 5.82 Å². The molecule has 1 fully saturated rings. The molecule has 1 aliphatic rings. The van der Waals surface area contributed by atoms with Gasteiger partial charge in [-0.25, -0.2) is 4.79 Å². The fourth-order valence-corrected chi connectivity index (χ4v) is 2.77. The highest BCUT2D eigenvalue weighted by molar-refractivity contribution is 6.03. The third-order valence-corrected chi connectivity index (χ3v) is 4.22. The molecule has 2 aromatic rings. The van der Waals surface area contributed by atoms with Gasteiger partial charge in [-0.2, -0.15) is 4.98 Å². The number of azide groups is 1. The van der Waals surface area contributed by atoms with Crippen LogP contribution in [-0.4, -0.2) is 55.3 Å². The van der Waals surface area contributed by atoms with Crippen LogP contribution in [0.5, 0.6) is 0 Å². The van der Waals surface area contributed by atoms with Gasteiger partial charge >= 0.3 is 5.69 Å². The molecule has 1 aromatic carbocycles. The van der Waals surface area contributed by atoms with E-state index in [1.807, 2.05) is 0 Å². The van der Waals surface area contributed by atoms with E-state index in [9.17, 15) is 24.9 Å². The van der Waals surface area contributed by atoms with Crippen LogP contribution in [0.15, 0.2) is 52.5 Å². The number of hydrogen-bond acceptors (Lipinski definition) is 8. The number of benzene rings is 1. The van der Waals surface area contributed by atoms with Gasteiger partial charge in [0.05, 0.1) is 6.61 Å². The molecule has 4 atom stereocenters. The van der Waals surface area contributed by atoms with Crippen molar-refractivity contribution in [2.75, 3.05) is 11.9 Å². The first-order valence-corrected chi connectivity index (χ1v) is 8.08. The number of nitrogens with one attached hydrogen (secondary N) is 1. The maximum Gasteiger partial charge on any atom is 0.351 e. The molecule has 0 spiro atoms. The summed E-state index contributed by atoms with van der Waals surface area (Å²) in [6, 6.07) is 9.58. The van der Waals surface area contributed by atoms with Gasteiger partial charge in [0.15, 0.2) is 6.23 Å². The summed E-state index contributed by atoms with van der Waals surface area (Å²) in [7, 11) is 0. The van der Waals surface area contributed by atoms with Crippen molar-refractivity contribution in [2.45, 2.75) is 24.2 Å². The van der Waals surface area contributed by atoms with E-state index in [1.165, 1.54) is 12.3 Å². The molecule has 4 N–H and O–H groups in total. The van der Waals surface area contributed by atoms with Crippen molar-refractivity contribution in [3.63, 3.8) is 0 Å². The Morgan fingerprint density at radius 1 is 1.36 bits per heavy atom. The van der Waals surface area contributed by atoms with E-state index < -0.39 is 42.4 Å². The molecule has 0 aliphatic carbocycles. The lowest BCUT2D eigenvalue weighted by Gasteiger charge is -2.23. The van der Waals surface area contributed by atoms with E-state index in [0.29, 0.717) is 5.56 Å². The predicted octanol–water partition coefficient (Wildman–Crippen LogP) is -0.255. The highest BCUT2D eigenvalue weighted by Gasteiger charge is 2.54. The zero-order chi connectivity index (χ0) is 20.3. The second kappa shape index (κ2) is 7.76. The molecular formula is C16H16N6O6. The van der Waals surface area contributed by atoms with Gasteiger partial charge in [-0.3, -0.25) is 9.36 Å². The van der Waals surface area contributed by atoms with Crippen molar-refractivity contribution in [1.29, 1.82) is 0 Å². The second-order valence-corrected chi connectivity index (χ2v) is 5.96. The first kappa shape index (κ1) is 19.5. The third kappa shape index (κ3) is 3.45.